The van der Waals surface area contributed by atoms with Gasteiger partial charge in [-0.2, -0.15) is 4.98 Å². The molecule has 0 spiro atoms. The Hall–Kier alpha value is -3.66. The van der Waals surface area contributed by atoms with Crippen LogP contribution in [0.2, 0.25) is 0 Å². The van der Waals surface area contributed by atoms with Gasteiger partial charge in [0, 0.05) is 49.0 Å². The smallest absolute Gasteiger partial charge is 0.253 e. The Bertz CT molecular complexity index is 1240. The molecule has 3 aromatic rings. The second-order valence-corrected chi connectivity index (χ2v) is 9.63. The molecule has 2 fully saturated rings. The second-order valence-electron chi connectivity index (χ2n) is 9.63. The van der Waals surface area contributed by atoms with Crippen molar-refractivity contribution in [3.8, 4) is 0 Å². The van der Waals surface area contributed by atoms with Gasteiger partial charge in [0.15, 0.2) is 0 Å². The highest BCUT2D eigenvalue weighted by Gasteiger charge is 2.42. The number of primary amides is 1. The van der Waals surface area contributed by atoms with Crippen molar-refractivity contribution in [2.75, 3.05) is 44.3 Å². The molecule has 35 heavy (non-hydrogen) atoms. The zero-order chi connectivity index (χ0) is 24.6. The van der Waals surface area contributed by atoms with Crippen LogP contribution in [-0.4, -0.2) is 69.4 Å². The summed E-state index contributed by atoms with van der Waals surface area (Å²) in [5, 5.41) is 3.96. The van der Waals surface area contributed by atoms with Crippen LogP contribution in [0.4, 0.5) is 17.5 Å². The standard InChI is InChI=1S/C25H32N8O2/c1-31-11-13-32(14-12-31)22(34)17-5-7-19(8-6-17)29-24-28-16-18-15-20(26)33(21(18)30-24)25(23(27)35)9-3-2-4-10-25/h5-8,15-16H,2-4,9-14,26H2,1H3,(H2,27,35)(H,28,29,30). The molecule has 3 heterocycles. The van der Waals surface area contributed by atoms with E-state index >= 15 is 0 Å². The first kappa shape index (κ1) is 23.1. The highest BCUT2D eigenvalue weighted by Crippen LogP contribution is 2.39. The third kappa shape index (κ3) is 4.29. The summed E-state index contributed by atoms with van der Waals surface area (Å²) in [6, 6.07) is 9.10. The maximum atomic E-state index is 12.8. The molecule has 5 rings (SSSR count). The fraction of sp³-hybridized carbons (Fsp3) is 0.440. The summed E-state index contributed by atoms with van der Waals surface area (Å²) >= 11 is 0. The first-order chi connectivity index (χ1) is 16.9. The molecule has 1 saturated carbocycles. The summed E-state index contributed by atoms with van der Waals surface area (Å²) in [6.07, 6.45) is 5.89. The molecular formula is C25H32N8O2. The number of rotatable bonds is 5. The van der Waals surface area contributed by atoms with E-state index in [9.17, 15) is 9.59 Å². The second kappa shape index (κ2) is 9.18. The van der Waals surface area contributed by atoms with Gasteiger partial charge in [-0.05, 0) is 50.2 Å². The lowest BCUT2D eigenvalue weighted by Gasteiger charge is -2.36. The number of amides is 2. The Morgan fingerprint density at radius 1 is 1.03 bits per heavy atom. The van der Waals surface area contributed by atoms with Gasteiger partial charge in [-0.15, -0.1) is 0 Å². The molecule has 184 valence electrons. The van der Waals surface area contributed by atoms with Crippen molar-refractivity contribution in [1.29, 1.82) is 0 Å². The Morgan fingerprint density at radius 3 is 2.37 bits per heavy atom. The van der Waals surface area contributed by atoms with Crippen LogP contribution >= 0.6 is 0 Å². The summed E-state index contributed by atoms with van der Waals surface area (Å²) in [4.78, 5) is 38.7. The summed E-state index contributed by atoms with van der Waals surface area (Å²) < 4.78 is 1.80. The predicted octanol–water partition coefficient (Wildman–Crippen LogP) is 2.29. The minimum atomic E-state index is -0.874. The van der Waals surface area contributed by atoms with E-state index in [-0.39, 0.29) is 11.8 Å². The van der Waals surface area contributed by atoms with Gasteiger partial charge < -0.3 is 26.6 Å². The number of hydrogen-bond donors (Lipinski definition) is 3. The third-order valence-electron chi connectivity index (χ3n) is 7.32. The van der Waals surface area contributed by atoms with Crippen molar-refractivity contribution in [2.24, 2.45) is 5.73 Å². The Labute approximate surface area is 204 Å². The van der Waals surface area contributed by atoms with Crippen LogP contribution in [0.5, 0.6) is 0 Å². The maximum absolute atomic E-state index is 12.8. The van der Waals surface area contributed by atoms with E-state index in [1.54, 1.807) is 16.8 Å². The minimum absolute atomic E-state index is 0.0415. The van der Waals surface area contributed by atoms with Crippen LogP contribution in [-0.2, 0) is 10.3 Å². The van der Waals surface area contributed by atoms with Crippen molar-refractivity contribution < 1.29 is 9.59 Å². The monoisotopic (exact) mass is 476 g/mol. The lowest BCUT2D eigenvalue weighted by atomic mass is 9.80. The summed E-state index contributed by atoms with van der Waals surface area (Å²) in [7, 11) is 2.07. The molecule has 0 radical (unpaired) electrons. The molecule has 2 aromatic heterocycles. The molecule has 10 heteroatoms. The molecule has 0 bridgehead atoms. The van der Waals surface area contributed by atoms with Gasteiger partial charge in [0.05, 0.1) is 0 Å². The predicted molar refractivity (Wildman–Crippen MR) is 135 cm³/mol. The minimum Gasteiger partial charge on any atom is -0.385 e. The number of carbonyl (C=O) groups excluding carboxylic acids is 2. The number of nitrogen functional groups attached to an aromatic ring is 1. The molecule has 2 aliphatic rings. The molecule has 1 saturated heterocycles. The number of nitrogens with two attached hydrogens (primary N) is 2. The highest BCUT2D eigenvalue weighted by molar-refractivity contribution is 5.94. The van der Waals surface area contributed by atoms with Crippen molar-refractivity contribution >= 4 is 40.3 Å². The topological polar surface area (TPSA) is 135 Å². The van der Waals surface area contributed by atoms with Crippen molar-refractivity contribution in [1.82, 2.24) is 24.3 Å². The lowest BCUT2D eigenvalue weighted by Crippen LogP contribution is -2.48. The number of nitrogens with one attached hydrogen (secondary N) is 1. The van der Waals surface area contributed by atoms with Crippen LogP contribution in [0, 0.1) is 0 Å². The number of fused-ring (bicyclic) bond motifs is 1. The van der Waals surface area contributed by atoms with Gasteiger partial charge in [0.1, 0.15) is 17.0 Å². The number of nitrogens with zero attached hydrogens (tertiary/aromatic N) is 5. The zero-order valence-corrected chi connectivity index (χ0v) is 20.0. The van der Waals surface area contributed by atoms with E-state index in [1.165, 1.54) is 0 Å². The van der Waals surface area contributed by atoms with Crippen LogP contribution in [0.15, 0.2) is 36.5 Å². The Kier molecular flexibility index (Phi) is 6.06. The van der Waals surface area contributed by atoms with Gasteiger partial charge >= 0.3 is 0 Å². The van der Waals surface area contributed by atoms with Crippen molar-refractivity contribution in [2.45, 2.75) is 37.6 Å². The largest absolute Gasteiger partial charge is 0.385 e. The molecule has 2 amide bonds. The number of likely N-dealkylation sites (N-methyl/N-ethyl adjacent to an activating group) is 1. The summed E-state index contributed by atoms with van der Waals surface area (Å²) in [6.45, 7) is 3.24. The van der Waals surface area contributed by atoms with Crippen LogP contribution in [0.3, 0.4) is 0 Å². The van der Waals surface area contributed by atoms with E-state index in [4.69, 9.17) is 16.5 Å². The SMILES string of the molecule is CN1CCN(C(=O)c2ccc(Nc3ncc4cc(N)n(C5(C(N)=O)CCCCC5)c4n3)cc2)CC1. The van der Waals surface area contributed by atoms with Gasteiger partial charge in [-0.25, -0.2) is 4.98 Å². The molecular weight excluding hydrogens is 444 g/mol. The fourth-order valence-corrected chi connectivity index (χ4v) is 5.25. The van der Waals surface area contributed by atoms with E-state index in [0.29, 0.717) is 35.8 Å². The number of anilines is 3. The number of carbonyl (C=O) groups is 2. The van der Waals surface area contributed by atoms with Crippen LogP contribution in [0.25, 0.3) is 11.0 Å². The molecule has 0 atom stereocenters. The lowest BCUT2D eigenvalue weighted by molar-refractivity contribution is -0.128. The van der Waals surface area contributed by atoms with E-state index < -0.39 is 5.54 Å². The van der Waals surface area contributed by atoms with E-state index in [2.05, 4.69) is 22.2 Å². The number of piperazine rings is 1. The fourth-order valence-electron chi connectivity index (χ4n) is 5.25. The number of hydrogen-bond acceptors (Lipinski definition) is 7. The first-order valence-electron chi connectivity index (χ1n) is 12.2. The molecule has 10 nitrogen and oxygen atoms in total. The van der Waals surface area contributed by atoms with Gasteiger partial charge in [0.25, 0.3) is 5.91 Å². The van der Waals surface area contributed by atoms with Crippen molar-refractivity contribution in [3.63, 3.8) is 0 Å². The summed E-state index contributed by atoms with van der Waals surface area (Å²) in [5.74, 6) is 0.499. The van der Waals surface area contributed by atoms with E-state index in [1.807, 2.05) is 29.2 Å². The molecule has 1 aliphatic carbocycles. The Morgan fingerprint density at radius 2 is 1.71 bits per heavy atom. The number of benzene rings is 1. The Balaban J connectivity index is 1.39. The quantitative estimate of drug-likeness (QED) is 0.514. The zero-order valence-electron chi connectivity index (χ0n) is 20.0. The molecule has 0 unspecified atom stereocenters. The first-order valence-corrected chi connectivity index (χ1v) is 12.2. The molecule has 5 N–H and O–H groups in total. The van der Waals surface area contributed by atoms with Crippen molar-refractivity contribution in [3.05, 3.63) is 42.1 Å². The van der Waals surface area contributed by atoms with Gasteiger partial charge in [-0.3, -0.25) is 14.2 Å². The maximum Gasteiger partial charge on any atom is 0.253 e. The van der Waals surface area contributed by atoms with Crippen LogP contribution in [0.1, 0.15) is 42.5 Å². The van der Waals surface area contributed by atoms with Crippen LogP contribution < -0.4 is 16.8 Å². The third-order valence-corrected chi connectivity index (χ3v) is 7.32. The average molecular weight is 477 g/mol. The normalized spacial score (nSPS) is 18.5. The highest BCUT2D eigenvalue weighted by atomic mass is 16.2. The van der Waals surface area contributed by atoms with Gasteiger partial charge in [-0.1, -0.05) is 19.3 Å². The van der Waals surface area contributed by atoms with E-state index in [0.717, 1.165) is 56.5 Å². The molecule has 1 aliphatic heterocycles. The molecule has 1 aromatic carbocycles. The average Bonchev–Trinajstić information content (AvgIpc) is 3.20. The number of aromatic nitrogens is 3. The summed E-state index contributed by atoms with van der Waals surface area (Å²) in [5.41, 5.74) is 13.4. The van der Waals surface area contributed by atoms with Gasteiger partial charge in [0.2, 0.25) is 11.9 Å².